The van der Waals surface area contributed by atoms with Gasteiger partial charge in [-0.15, -0.1) is 0 Å². The van der Waals surface area contributed by atoms with Crippen molar-refractivity contribution in [1.82, 2.24) is 4.90 Å². The van der Waals surface area contributed by atoms with E-state index in [1.807, 2.05) is 0 Å². The van der Waals surface area contributed by atoms with Crippen LogP contribution in [0.3, 0.4) is 0 Å². The quantitative estimate of drug-likeness (QED) is 0.620. The summed E-state index contributed by atoms with van der Waals surface area (Å²) < 4.78 is 5.67. The first-order chi connectivity index (χ1) is 9.56. The maximum Gasteiger partial charge on any atom is 0.288 e. The lowest BCUT2D eigenvalue weighted by Crippen LogP contribution is -2.45. The minimum absolute atomic E-state index is 0.0789. The van der Waals surface area contributed by atoms with Crippen LogP contribution in [0, 0.1) is 10.1 Å². The van der Waals surface area contributed by atoms with Gasteiger partial charge in [0.25, 0.3) is 11.6 Å². The van der Waals surface area contributed by atoms with Crippen molar-refractivity contribution in [1.29, 1.82) is 0 Å². The molecule has 0 aromatic heterocycles. The van der Waals surface area contributed by atoms with Crippen molar-refractivity contribution >= 4 is 23.2 Å². The van der Waals surface area contributed by atoms with Gasteiger partial charge in [0.1, 0.15) is 5.02 Å². The number of nitro benzene ring substituents is 1. The summed E-state index contributed by atoms with van der Waals surface area (Å²) in [5, 5.41) is 10.8. The molecule has 1 aromatic rings. The van der Waals surface area contributed by atoms with Crippen molar-refractivity contribution in [2.75, 3.05) is 13.1 Å². The SMILES string of the molecule is O=C(c1cccc([N+](=O)[O-])c1Cl)N1CC2CCC(C1)O2. The van der Waals surface area contributed by atoms with Gasteiger partial charge < -0.3 is 9.64 Å². The second-order valence-electron chi connectivity index (χ2n) is 5.06. The molecule has 0 saturated carbocycles. The number of amides is 1. The van der Waals surface area contributed by atoms with Gasteiger partial charge in [0.15, 0.2) is 0 Å². The van der Waals surface area contributed by atoms with Crippen molar-refractivity contribution in [3.63, 3.8) is 0 Å². The number of ether oxygens (including phenoxy) is 1. The van der Waals surface area contributed by atoms with Crippen LogP contribution < -0.4 is 0 Å². The number of morpholine rings is 1. The molecule has 20 heavy (non-hydrogen) atoms. The fourth-order valence-electron chi connectivity index (χ4n) is 2.78. The van der Waals surface area contributed by atoms with Gasteiger partial charge in [-0.1, -0.05) is 17.7 Å². The average molecular weight is 297 g/mol. The topological polar surface area (TPSA) is 72.7 Å². The Morgan fingerprint density at radius 2 is 2.00 bits per heavy atom. The lowest BCUT2D eigenvalue weighted by Gasteiger charge is -2.32. The van der Waals surface area contributed by atoms with Crippen LogP contribution in [0.4, 0.5) is 5.69 Å². The Bertz CT molecular complexity index is 565. The van der Waals surface area contributed by atoms with Gasteiger partial charge in [0.05, 0.1) is 22.7 Å². The molecule has 3 rings (SSSR count). The van der Waals surface area contributed by atoms with E-state index in [0.717, 1.165) is 12.8 Å². The van der Waals surface area contributed by atoms with Crippen LogP contribution >= 0.6 is 11.6 Å². The first-order valence-electron chi connectivity index (χ1n) is 6.44. The molecule has 0 aliphatic carbocycles. The summed E-state index contributed by atoms with van der Waals surface area (Å²) in [6, 6.07) is 4.30. The smallest absolute Gasteiger partial charge is 0.288 e. The number of nitrogens with zero attached hydrogens (tertiary/aromatic N) is 2. The highest BCUT2D eigenvalue weighted by Gasteiger charge is 2.36. The molecule has 2 heterocycles. The molecule has 106 valence electrons. The number of nitro groups is 1. The van der Waals surface area contributed by atoms with Crippen molar-refractivity contribution < 1.29 is 14.5 Å². The highest BCUT2D eigenvalue weighted by molar-refractivity contribution is 6.35. The number of fused-ring (bicyclic) bond motifs is 2. The van der Waals surface area contributed by atoms with Gasteiger partial charge in [0, 0.05) is 19.2 Å². The van der Waals surface area contributed by atoms with Crippen LogP contribution in [-0.4, -0.2) is 41.0 Å². The number of rotatable bonds is 2. The van der Waals surface area contributed by atoms with Gasteiger partial charge in [-0.2, -0.15) is 0 Å². The van der Waals surface area contributed by atoms with E-state index in [4.69, 9.17) is 16.3 Å². The van der Waals surface area contributed by atoms with E-state index in [1.165, 1.54) is 18.2 Å². The van der Waals surface area contributed by atoms with E-state index >= 15 is 0 Å². The van der Waals surface area contributed by atoms with Gasteiger partial charge in [0.2, 0.25) is 0 Å². The molecule has 2 unspecified atom stereocenters. The number of carbonyl (C=O) groups is 1. The summed E-state index contributed by atoms with van der Waals surface area (Å²) in [5.41, 5.74) is -0.0593. The van der Waals surface area contributed by atoms with Gasteiger partial charge in [-0.05, 0) is 18.9 Å². The molecule has 1 aromatic carbocycles. The van der Waals surface area contributed by atoms with Crippen LogP contribution in [-0.2, 0) is 4.74 Å². The average Bonchev–Trinajstić information content (AvgIpc) is 2.76. The molecule has 2 bridgehead atoms. The minimum atomic E-state index is -0.581. The summed E-state index contributed by atoms with van der Waals surface area (Å²) in [6.07, 6.45) is 2.07. The molecular weight excluding hydrogens is 284 g/mol. The van der Waals surface area contributed by atoms with Crippen LogP contribution in [0.1, 0.15) is 23.2 Å². The van der Waals surface area contributed by atoms with Gasteiger partial charge in [-0.25, -0.2) is 0 Å². The summed E-state index contributed by atoms with van der Waals surface area (Å²) in [6.45, 7) is 1.04. The molecule has 7 heteroatoms. The van der Waals surface area contributed by atoms with E-state index < -0.39 is 4.92 Å². The Labute approximate surface area is 120 Å². The molecule has 2 fully saturated rings. The lowest BCUT2D eigenvalue weighted by molar-refractivity contribution is -0.384. The highest BCUT2D eigenvalue weighted by Crippen LogP contribution is 2.31. The highest BCUT2D eigenvalue weighted by atomic mass is 35.5. The largest absolute Gasteiger partial charge is 0.371 e. The van der Waals surface area contributed by atoms with E-state index in [2.05, 4.69) is 0 Å². The van der Waals surface area contributed by atoms with Crippen LogP contribution in [0.2, 0.25) is 5.02 Å². The molecule has 0 N–H and O–H groups in total. The zero-order valence-electron chi connectivity index (χ0n) is 10.6. The summed E-state index contributed by atoms with van der Waals surface area (Å²) in [7, 11) is 0. The molecule has 0 spiro atoms. The molecular formula is C13H13ClN2O4. The van der Waals surface area contributed by atoms with Gasteiger partial charge >= 0.3 is 0 Å². The Balaban J connectivity index is 1.87. The maximum atomic E-state index is 12.5. The predicted molar refractivity (Wildman–Crippen MR) is 71.9 cm³/mol. The van der Waals surface area contributed by atoms with Crippen molar-refractivity contribution in [3.8, 4) is 0 Å². The zero-order valence-corrected chi connectivity index (χ0v) is 11.4. The minimum Gasteiger partial charge on any atom is -0.371 e. The molecule has 6 nitrogen and oxygen atoms in total. The van der Waals surface area contributed by atoms with Crippen molar-refractivity contribution in [3.05, 3.63) is 38.9 Å². The Morgan fingerprint density at radius 1 is 1.35 bits per heavy atom. The molecule has 2 aliphatic rings. The standard InChI is InChI=1S/C13H13ClN2O4/c14-12-10(2-1-3-11(12)16(18)19)13(17)15-6-8-4-5-9(7-15)20-8/h1-3,8-9H,4-7H2. The van der Waals surface area contributed by atoms with E-state index in [-0.39, 0.29) is 34.4 Å². The molecule has 1 amide bonds. The number of benzene rings is 1. The fraction of sp³-hybridized carbons (Fsp3) is 0.462. The zero-order chi connectivity index (χ0) is 14.3. The van der Waals surface area contributed by atoms with Gasteiger partial charge in [-0.3, -0.25) is 14.9 Å². The predicted octanol–water partition coefficient (Wildman–Crippen LogP) is 2.25. The fourth-order valence-corrected chi connectivity index (χ4v) is 3.05. The van der Waals surface area contributed by atoms with Crippen LogP contribution in [0.15, 0.2) is 18.2 Å². The second kappa shape index (κ2) is 5.03. The number of hydrogen-bond donors (Lipinski definition) is 0. The van der Waals surface area contributed by atoms with Crippen LogP contribution in [0.25, 0.3) is 0 Å². The first kappa shape index (κ1) is 13.3. The molecule has 2 atom stereocenters. The molecule has 0 radical (unpaired) electrons. The number of carbonyl (C=O) groups excluding carboxylic acids is 1. The van der Waals surface area contributed by atoms with Crippen LogP contribution in [0.5, 0.6) is 0 Å². The summed E-state index contributed by atoms with van der Waals surface area (Å²) >= 11 is 5.99. The second-order valence-corrected chi connectivity index (χ2v) is 5.44. The number of likely N-dealkylation sites (tertiary alicyclic amines) is 1. The van der Waals surface area contributed by atoms with E-state index in [1.54, 1.807) is 4.90 Å². The summed E-state index contributed by atoms with van der Waals surface area (Å²) in [4.78, 5) is 24.4. The third kappa shape index (κ3) is 2.25. The van der Waals surface area contributed by atoms with E-state index in [9.17, 15) is 14.9 Å². The van der Waals surface area contributed by atoms with E-state index in [0.29, 0.717) is 13.1 Å². The summed E-state index contributed by atoms with van der Waals surface area (Å²) in [5.74, 6) is -0.265. The third-order valence-electron chi connectivity index (χ3n) is 3.74. The first-order valence-corrected chi connectivity index (χ1v) is 6.81. The Kier molecular flexibility index (Phi) is 3.35. The monoisotopic (exact) mass is 296 g/mol. The lowest BCUT2D eigenvalue weighted by atomic mass is 10.1. The van der Waals surface area contributed by atoms with Crippen molar-refractivity contribution in [2.24, 2.45) is 0 Å². The Morgan fingerprint density at radius 3 is 2.60 bits per heavy atom. The third-order valence-corrected chi connectivity index (χ3v) is 4.13. The molecule has 2 aliphatic heterocycles. The number of halogens is 1. The number of hydrogen-bond acceptors (Lipinski definition) is 4. The Hall–Kier alpha value is -1.66. The normalized spacial score (nSPS) is 24.8. The molecule has 2 saturated heterocycles. The van der Waals surface area contributed by atoms with Crippen molar-refractivity contribution in [2.45, 2.75) is 25.0 Å². The maximum absolute atomic E-state index is 12.5.